The van der Waals surface area contributed by atoms with Gasteiger partial charge in [-0.3, -0.25) is 9.48 Å². The molecule has 1 aliphatic heterocycles. The van der Waals surface area contributed by atoms with Crippen LogP contribution in [0.25, 0.3) is 0 Å². The highest BCUT2D eigenvalue weighted by atomic mass is 19.4. The van der Waals surface area contributed by atoms with Crippen LogP contribution >= 0.6 is 0 Å². The van der Waals surface area contributed by atoms with E-state index in [4.69, 9.17) is 0 Å². The first kappa shape index (κ1) is 13.5. The van der Waals surface area contributed by atoms with Gasteiger partial charge in [-0.25, -0.2) is 0 Å². The summed E-state index contributed by atoms with van der Waals surface area (Å²) in [6.45, 7) is 0.889. The second kappa shape index (κ2) is 4.34. The van der Waals surface area contributed by atoms with Gasteiger partial charge in [-0.2, -0.15) is 28.4 Å². The molecule has 0 fully saturated rings. The number of alkyl halides is 3. The second-order valence-corrected chi connectivity index (χ2v) is 4.24. The summed E-state index contributed by atoms with van der Waals surface area (Å²) in [5.41, 5.74) is -3.24. The standard InChI is InChI=1S/C10H11F3N4O2/c1-7-5-9(19,10(11,12)13)17(15-7)8(18)6-16-4-2-3-14-16/h2-4,19H,5-6H2,1H3/t9-/m0/s1. The van der Waals surface area contributed by atoms with Gasteiger partial charge in [0.1, 0.15) is 6.54 Å². The van der Waals surface area contributed by atoms with Crippen molar-refractivity contribution in [1.29, 1.82) is 0 Å². The molecule has 104 valence electrons. The molecule has 0 aromatic carbocycles. The van der Waals surface area contributed by atoms with Crippen LogP contribution in [-0.2, 0) is 11.3 Å². The quantitative estimate of drug-likeness (QED) is 0.866. The number of aliphatic hydroxyl groups is 1. The molecule has 1 N–H and O–H groups in total. The molecule has 2 heterocycles. The summed E-state index contributed by atoms with van der Waals surface area (Å²) in [5, 5.41) is 17.0. The van der Waals surface area contributed by atoms with E-state index in [1.165, 1.54) is 25.4 Å². The number of carbonyl (C=O) groups is 1. The Morgan fingerprint density at radius 2 is 2.26 bits per heavy atom. The highest BCUT2D eigenvalue weighted by molar-refractivity contribution is 5.89. The highest BCUT2D eigenvalue weighted by Gasteiger charge is 2.62. The van der Waals surface area contributed by atoms with Crippen LogP contribution < -0.4 is 0 Å². The van der Waals surface area contributed by atoms with Crippen molar-refractivity contribution in [3.8, 4) is 0 Å². The average molecular weight is 276 g/mol. The van der Waals surface area contributed by atoms with Crippen LogP contribution in [-0.4, -0.2) is 43.4 Å². The first-order valence-electron chi connectivity index (χ1n) is 5.38. The minimum atomic E-state index is -4.98. The van der Waals surface area contributed by atoms with Gasteiger partial charge in [-0.05, 0) is 13.0 Å². The molecule has 1 atom stereocenters. The Bertz CT molecular complexity index is 511. The van der Waals surface area contributed by atoms with Crippen molar-refractivity contribution in [3.63, 3.8) is 0 Å². The van der Waals surface area contributed by atoms with Crippen molar-refractivity contribution < 1.29 is 23.1 Å². The third-order valence-corrected chi connectivity index (χ3v) is 2.67. The molecule has 0 spiro atoms. The molecule has 0 radical (unpaired) electrons. The SMILES string of the molecule is CC1=NN(C(=O)Cn2cccn2)[C@@](O)(C(F)(F)F)C1. The molecular formula is C10H11F3N4O2. The molecule has 19 heavy (non-hydrogen) atoms. The lowest BCUT2D eigenvalue weighted by Crippen LogP contribution is -2.57. The van der Waals surface area contributed by atoms with Crippen molar-refractivity contribution in [2.45, 2.75) is 31.8 Å². The number of nitrogens with zero attached hydrogens (tertiary/aromatic N) is 4. The molecule has 1 aromatic rings. The number of rotatable bonds is 2. The van der Waals surface area contributed by atoms with Crippen LogP contribution in [0, 0.1) is 0 Å². The molecule has 0 saturated heterocycles. The molecule has 6 nitrogen and oxygen atoms in total. The van der Waals surface area contributed by atoms with Crippen molar-refractivity contribution in [3.05, 3.63) is 18.5 Å². The van der Waals surface area contributed by atoms with Crippen LogP contribution in [0.15, 0.2) is 23.6 Å². The van der Waals surface area contributed by atoms with Crippen LogP contribution in [0.3, 0.4) is 0 Å². The van der Waals surface area contributed by atoms with Gasteiger partial charge < -0.3 is 5.11 Å². The third kappa shape index (κ3) is 2.33. The van der Waals surface area contributed by atoms with E-state index < -0.39 is 30.8 Å². The average Bonchev–Trinajstić information content (AvgIpc) is 2.85. The summed E-state index contributed by atoms with van der Waals surface area (Å²) < 4.78 is 39.8. The molecule has 0 bridgehead atoms. The second-order valence-electron chi connectivity index (χ2n) is 4.24. The lowest BCUT2D eigenvalue weighted by atomic mass is 10.1. The first-order valence-corrected chi connectivity index (χ1v) is 5.38. The van der Waals surface area contributed by atoms with E-state index in [1.807, 2.05) is 0 Å². The summed E-state index contributed by atoms with van der Waals surface area (Å²) in [4.78, 5) is 11.8. The van der Waals surface area contributed by atoms with Gasteiger partial charge in [0.2, 0.25) is 0 Å². The number of carbonyl (C=O) groups excluding carboxylic acids is 1. The molecule has 0 aliphatic carbocycles. The normalized spacial score (nSPS) is 23.6. The van der Waals surface area contributed by atoms with E-state index in [1.54, 1.807) is 0 Å². The maximum Gasteiger partial charge on any atom is 0.438 e. The Morgan fingerprint density at radius 3 is 2.79 bits per heavy atom. The van der Waals surface area contributed by atoms with Gasteiger partial charge in [0.05, 0.1) is 0 Å². The van der Waals surface area contributed by atoms with Crippen LogP contribution in [0.2, 0.25) is 0 Å². The molecular weight excluding hydrogens is 265 g/mol. The van der Waals surface area contributed by atoms with Crippen molar-refractivity contribution >= 4 is 11.6 Å². The van der Waals surface area contributed by atoms with Crippen molar-refractivity contribution in [2.24, 2.45) is 5.10 Å². The minimum absolute atomic E-state index is 0.0358. The maximum atomic E-state index is 12.9. The Hall–Kier alpha value is -1.90. The zero-order valence-electron chi connectivity index (χ0n) is 9.92. The highest BCUT2D eigenvalue weighted by Crippen LogP contribution is 2.40. The maximum absolute atomic E-state index is 12.9. The molecule has 1 aliphatic rings. The molecule has 2 rings (SSSR count). The number of halogens is 3. The summed E-state index contributed by atoms with van der Waals surface area (Å²) in [7, 11) is 0. The molecule has 0 saturated carbocycles. The summed E-state index contributed by atoms with van der Waals surface area (Å²) in [6.07, 6.45) is -2.91. The fourth-order valence-electron chi connectivity index (χ4n) is 1.80. The lowest BCUT2D eigenvalue weighted by molar-refractivity contribution is -0.302. The Balaban J connectivity index is 2.23. The number of hydrogen-bond acceptors (Lipinski definition) is 4. The monoisotopic (exact) mass is 276 g/mol. The predicted molar refractivity (Wildman–Crippen MR) is 57.8 cm³/mol. The van der Waals surface area contributed by atoms with Gasteiger partial charge in [-0.1, -0.05) is 0 Å². The summed E-state index contributed by atoms with van der Waals surface area (Å²) >= 11 is 0. The molecule has 1 aromatic heterocycles. The topological polar surface area (TPSA) is 70.7 Å². The molecule has 0 unspecified atom stereocenters. The summed E-state index contributed by atoms with van der Waals surface area (Å²) in [6, 6.07) is 1.53. The number of hydrazone groups is 1. The fourth-order valence-corrected chi connectivity index (χ4v) is 1.80. The van der Waals surface area contributed by atoms with Gasteiger partial charge in [0.25, 0.3) is 11.6 Å². The van der Waals surface area contributed by atoms with Crippen molar-refractivity contribution in [2.75, 3.05) is 0 Å². The van der Waals surface area contributed by atoms with E-state index in [0.29, 0.717) is 0 Å². The Kier molecular flexibility index (Phi) is 3.09. The van der Waals surface area contributed by atoms with E-state index in [0.717, 1.165) is 4.68 Å². The van der Waals surface area contributed by atoms with Gasteiger partial charge in [0.15, 0.2) is 0 Å². The number of aromatic nitrogens is 2. The van der Waals surface area contributed by atoms with E-state index in [2.05, 4.69) is 10.2 Å². The smallest absolute Gasteiger partial charge is 0.362 e. The van der Waals surface area contributed by atoms with Crippen LogP contribution in [0.1, 0.15) is 13.3 Å². The third-order valence-electron chi connectivity index (χ3n) is 2.67. The van der Waals surface area contributed by atoms with Gasteiger partial charge in [-0.15, -0.1) is 0 Å². The number of amides is 1. The largest absolute Gasteiger partial charge is 0.438 e. The Labute approximate surface area is 106 Å². The van der Waals surface area contributed by atoms with Gasteiger partial charge in [0, 0.05) is 24.5 Å². The predicted octanol–water partition coefficient (Wildman–Crippen LogP) is 0.742. The van der Waals surface area contributed by atoms with Gasteiger partial charge >= 0.3 is 6.18 Å². The van der Waals surface area contributed by atoms with E-state index in [-0.39, 0.29) is 10.7 Å². The van der Waals surface area contributed by atoms with Crippen LogP contribution in [0.5, 0.6) is 0 Å². The summed E-state index contributed by atoms with van der Waals surface area (Å²) in [5.74, 6) is -0.986. The zero-order valence-corrected chi connectivity index (χ0v) is 9.92. The lowest BCUT2D eigenvalue weighted by Gasteiger charge is -2.32. The minimum Gasteiger partial charge on any atom is -0.362 e. The number of hydrogen-bond donors (Lipinski definition) is 1. The van der Waals surface area contributed by atoms with Crippen molar-refractivity contribution in [1.82, 2.24) is 14.8 Å². The van der Waals surface area contributed by atoms with E-state index >= 15 is 0 Å². The fraction of sp³-hybridized carbons (Fsp3) is 0.500. The van der Waals surface area contributed by atoms with E-state index in [9.17, 15) is 23.1 Å². The zero-order chi connectivity index (χ0) is 14.3. The van der Waals surface area contributed by atoms with Crippen LogP contribution in [0.4, 0.5) is 13.2 Å². The first-order chi connectivity index (χ1) is 8.74. The molecule has 1 amide bonds. The Morgan fingerprint density at radius 1 is 1.58 bits per heavy atom. The molecule has 9 heteroatoms.